The predicted octanol–water partition coefficient (Wildman–Crippen LogP) is 0.758. The van der Waals surface area contributed by atoms with E-state index in [-0.39, 0.29) is 0 Å². The molecule has 0 bridgehead atoms. The third-order valence-electron chi connectivity index (χ3n) is 4.66. The van der Waals surface area contributed by atoms with E-state index in [9.17, 15) is 0 Å². The van der Waals surface area contributed by atoms with Crippen molar-refractivity contribution in [3.63, 3.8) is 0 Å². The molecule has 4 rings (SSSR count). The highest BCUT2D eigenvalue weighted by atomic mass is 15.4. The average molecular weight is 326 g/mol. The van der Waals surface area contributed by atoms with Crippen molar-refractivity contribution in [3.8, 4) is 0 Å². The second-order valence-electron chi connectivity index (χ2n) is 6.53. The average Bonchev–Trinajstić information content (AvgIpc) is 3.10. The van der Waals surface area contributed by atoms with Gasteiger partial charge < -0.3 is 4.90 Å². The second-order valence-corrected chi connectivity index (χ2v) is 6.53. The molecular formula is C16H22N8. The number of fused-ring (bicyclic) bond motifs is 1. The van der Waals surface area contributed by atoms with Gasteiger partial charge in [-0.15, -0.1) is 15.3 Å². The second kappa shape index (κ2) is 5.86. The van der Waals surface area contributed by atoms with E-state index in [1.54, 1.807) is 4.52 Å². The maximum absolute atomic E-state index is 4.63. The lowest BCUT2D eigenvalue weighted by Crippen LogP contribution is -2.59. The molecule has 8 heteroatoms. The zero-order valence-electron chi connectivity index (χ0n) is 14.3. The van der Waals surface area contributed by atoms with Crippen LogP contribution >= 0.6 is 0 Å². The molecule has 1 saturated heterocycles. The van der Waals surface area contributed by atoms with Crippen LogP contribution in [0.4, 0.5) is 5.82 Å². The van der Waals surface area contributed by atoms with Gasteiger partial charge in [-0.1, -0.05) is 0 Å². The van der Waals surface area contributed by atoms with Crippen LogP contribution in [0, 0.1) is 13.8 Å². The molecule has 0 N–H and O–H groups in total. The standard InChI is InChI=1S/C16H22N8/c1-12-8-17-23(9-12)7-6-21(3)14-10-22(11-14)16-5-4-15-19-18-13(2)24(15)20-16/h4-5,8-9,14H,6-7,10-11H2,1-3H3. The van der Waals surface area contributed by atoms with E-state index in [2.05, 4.69) is 50.4 Å². The van der Waals surface area contributed by atoms with Gasteiger partial charge in [0.2, 0.25) is 0 Å². The Morgan fingerprint density at radius 2 is 2.04 bits per heavy atom. The van der Waals surface area contributed by atoms with Crippen LogP contribution in [0.2, 0.25) is 0 Å². The largest absolute Gasteiger partial charge is 0.352 e. The monoisotopic (exact) mass is 326 g/mol. The van der Waals surface area contributed by atoms with E-state index in [1.165, 1.54) is 5.56 Å². The lowest BCUT2D eigenvalue weighted by molar-refractivity contribution is 0.195. The van der Waals surface area contributed by atoms with Crippen LogP contribution in [0.25, 0.3) is 5.65 Å². The summed E-state index contributed by atoms with van der Waals surface area (Å²) in [4.78, 5) is 4.69. The molecule has 24 heavy (non-hydrogen) atoms. The number of hydrogen-bond donors (Lipinski definition) is 0. The Morgan fingerprint density at radius 3 is 2.79 bits per heavy atom. The quantitative estimate of drug-likeness (QED) is 0.689. The third-order valence-corrected chi connectivity index (χ3v) is 4.66. The molecule has 126 valence electrons. The van der Waals surface area contributed by atoms with E-state index in [0.717, 1.165) is 43.5 Å². The number of hydrogen-bond acceptors (Lipinski definition) is 6. The van der Waals surface area contributed by atoms with Gasteiger partial charge >= 0.3 is 0 Å². The van der Waals surface area contributed by atoms with Gasteiger partial charge in [0.1, 0.15) is 5.82 Å². The molecule has 0 unspecified atom stereocenters. The first-order chi connectivity index (χ1) is 11.6. The minimum atomic E-state index is 0.557. The molecule has 3 aromatic heterocycles. The van der Waals surface area contributed by atoms with Crippen LogP contribution < -0.4 is 4.90 Å². The van der Waals surface area contributed by atoms with Crippen molar-refractivity contribution in [1.82, 2.24) is 34.5 Å². The summed E-state index contributed by atoms with van der Waals surface area (Å²) in [6.07, 6.45) is 3.99. The summed E-state index contributed by atoms with van der Waals surface area (Å²) in [5, 5.41) is 17.1. The van der Waals surface area contributed by atoms with Gasteiger partial charge in [0.05, 0.1) is 12.7 Å². The summed E-state index contributed by atoms with van der Waals surface area (Å²) in [5.41, 5.74) is 2.00. The first kappa shape index (κ1) is 15.1. The number of aryl methyl sites for hydroxylation is 2. The summed E-state index contributed by atoms with van der Waals surface area (Å²) in [5.74, 6) is 1.80. The Labute approximate surface area is 140 Å². The first-order valence-electron chi connectivity index (χ1n) is 8.23. The van der Waals surface area contributed by atoms with Crippen LogP contribution in [0.1, 0.15) is 11.4 Å². The molecule has 8 nitrogen and oxygen atoms in total. The van der Waals surface area contributed by atoms with E-state index >= 15 is 0 Å². The molecule has 0 aromatic carbocycles. The van der Waals surface area contributed by atoms with Crippen molar-refractivity contribution in [3.05, 3.63) is 35.9 Å². The summed E-state index contributed by atoms with van der Waals surface area (Å²) in [7, 11) is 2.18. The number of rotatable bonds is 5. The molecule has 0 spiro atoms. The fraction of sp³-hybridized carbons (Fsp3) is 0.500. The highest BCUT2D eigenvalue weighted by Gasteiger charge is 2.31. The van der Waals surface area contributed by atoms with Gasteiger partial charge in [0.15, 0.2) is 11.5 Å². The van der Waals surface area contributed by atoms with Gasteiger partial charge in [-0.05, 0) is 38.6 Å². The highest BCUT2D eigenvalue weighted by molar-refractivity contribution is 5.47. The summed E-state index contributed by atoms with van der Waals surface area (Å²) in [6.45, 7) is 7.89. The molecule has 1 fully saturated rings. The Bertz CT molecular complexity index is 845. The lowest BCUT2D eigenvalue weighted by Gasteiger charge is -2.44. The van der Waals surface area contributed by atoms with E-state index in [0.29, 0.717) is 6.04 Å². The summed E-state index contributed by atoms with van der Waals surface area (Å²) in [6, 6.07) is 4.55. The number of aromatic nitrogens is 6. The maximum Gasteiger partial charge on any atom is 0.178 e. The van der Waals surface area contributed by atoms with Gasteiger partial charge in [0.25, 0.3) is 0 Å². The van der Waals surface area contributed by atoms with E-state index in [1.807, 2.05) is 29.9 Å². The molecular weight excluding hydrogens is 304 g/mol. The summed E-state index contributed by atoms with van der Waals surface area (Å²) < 4.78 is 3.80. The molecule has 0 radical (unpaired) electrons. The van der Waals surface area contributed by atoms with Crippen LogP contribution in [-0.4, -0.2) is 67.2 Å². The van der Waals surface area contributed by atoms with Crippen LogP contribution in [0.15, 0.2) is 24.5 Å². The topological polar surface area (TPSA) is 67.4 Å². The fourth-order valence-electron chi connectivity index (χ4n) is 3.01. The van der Waals surface area contributed by atoms with Gasteiger partial charge in [-0.2, -0.15) is 9.61 Å². The van der Waals surface area contributed by atoms with Crippen LogP contribution in [-0.2, 0) is 6.54 Å². The number of nitrogens with zero attached hydrogens (tertiary/aromatic N) is 8. The molecule has 1 aliphatic heterocycles. The first-order valence-corrected chi connectivity index (χ1v) is 8.23. The molecule has 0 aliphatic carbocycles. The van der Waals surface area contributed by atoms with Crippen molar-refractivity contribution in [2.24, 2.45) is 0 Å². The molecule has 0 saturated carbocycles. The number of likely N-dealkylation sites (N-methyl/N-ethyl adjacent to an activating group) is 1. The maximum atomic E-state index is 4.63. The van der Waals surface area contributed by atoms with Crippen molar-refractivity contribution in [2.45, 2.75) is 26.4 Å². The number of anilines is 1. The molecule has 4 heterocycles. The molecule has 0 amide bonds. The van der Waals surface area contributed by atoms with Crippen molar-refractivity contribution in [2.75, 3.05) is 31.6 Å². The molecule has 1 aliphatic rings. The fourth-order valence-corrected chi connectivity index (χ4v) is 3.01. The zero-order chi connectivity index (χ0) is 16.7. The minimum Gasteiger partial charge on any atom is -0.352 e. The molecule has 3 aromatic rings. The minimum absolute atomic E-state index is 0.557. The van der Waals surface area contributed by atoms with Gasteiger partial charge in [0, 0.05) is 31.9 Å². The van der Waals surface area contributed by atoms with E-state index in [4.69, 9.17) is 0 Å². The predicted molar refractivity (Wildman–Crippen MR) is 91.1 cm³/mol. The lowest BCUT2D eigenvalue weighted by atomic mass is 10.1. The Kier molecular flexibility index (Phi) is 3.68. The summed E-state index contributed by atoms with van der Waals surface area (Å²) >= 11 is 0. The zero-order valence-corrected chi connectivity index (χ0v) is 14.3. The normalized spacial score (nSPS) is 15.4. The Balaban J connectivity index is 1.33. The Morgan fingerprint density at radius 1 is 1.21 bits per heavy atom. The SMILES string of the molecule is Cc1cnn(CCN(C)C2CN(c3ccc4nnc(C)n4n3)C2)c1. The highest BCUT2D eigenvalue weighted by Crippen LogP contribution is 2.21. The third kappa shape index (κ3) is 2.73. The van der Waals surface area contributed by atoms with Gasteiger partial charge in [-0.3, -0.25) is 9.58 Å². The van der Waals surface area contributed by atoms with Crippen molar-refractivity contribution in [1.29, 1.82) is 0 Å². The smallest absolute Gasteiger partial charge is 0.178 e. The Hall–Kier alpha value is -2.48. The van der Waals surface area contributed by atoms with E-state index < -0.39 is 0 Å². The van der Waals surface area contributed by atoms with Crippen LogP contribution in [0.5, 0.6) is 0 Å². The van der Waals surface area contributed by atoms with Crippen molar-refractivity contribution >= 4 is 11.5 Å². The van der Waals surface area contributed by atoms with Gasteiger partial charge in [-0.25, -0.2) is 0 Å². The molecule has 0 atom stereocenters. The van der Waals surface area contributed by atoms with Crippen molar-refractivity contribution < 1.29 is 0 Å². The van der Waals surface area contributed by atoms with Crippen LogP contribution in [0.3, 0.4) is 0 Å².